The Bertz CT molecular complexity index is 445. The lowest BCUT2D eigenvalue weighted by atomic mass is 10.0. The van der Waals surface area contributed by atoms with Crippen molar-refractivity contribution in [1.29, 1.82) is 5.26 Å². The SMILES string of the molecule is CCN1CCC(Nc2ccc(F)c(C#N)c2)CC1. The van der Waals surface area contributed by atoms with Crippen molar-refractivity contribution in [1.82, 2.24) is 4.90 Å². The van der Waals surface area contributed by atoms with Gasteiger partial charge in [-0.05, 0) is 37.6 Å². The van der Waals surface area contributed by atoms with E-state index < -0.39 is 5.82 Å². The zero-order valence-electron chi connectivity index (χ0n) is 10.6. The molecule has 0 unspecified atom stereocenters. The van der Waals surface area contributed by atoms with Gasteiger partial charge in [0.15, 0.2) is 0 Å². The number of rotatable bonds is 3. The van der Waals surface area contributed by atoms with Gasteiger partial charge in [-0.1, -0.05) is 6.92 Å². The van der Waals surface area contributed by atoms with Gasteiger partial charge in [0.2, 0.25) is 0 Å². The molecule has 18 heavy (non-hydrogen) atoms. The minimum absolute atomic E-state index is 0.103. The third kappa shape index (κ3) is 2.99. The number of benzene rings is 1. The van der Waals surface area contributed by atoms with Crippen LogP contribution in [-0.4, -0.2) is 30.6 Å². The first-order valence-corrected chi connectivity index (χ1v) is 6.41. The molecule has 1 aliphatic rings. The number of anilines is 1. The zero-order chi connectivity index (χ0) is 13.0. The molecule has 0 saturated carbocycles. The Balaban J connectivity index is 1.96. The lowest BCUT2D eigenvalue weighted by Crippen LogP contribution is -2.38. The normalized spacial score (nSPS) is 17.4. The van der Waals surface area contributed by atoms with Gasteiger partial charge in [-0.3, -0.25) is 0 Å². The highest BCUT2D eigenvalue weighted by Crippen LogP contribution is 2.19. The maximum atomic E-state index is 13.2. The number of nitrogens with zero attached hydrogens (tertiary/aromatic N) is 2. The number of piperidine rings is 1. The molecular weight excluding hydrogens is 229 g/mol. The second-order valence-corrected chi connectivity index (χ2v) is 4.66. The average Bonchev–Trinajstić information content (AvgIpc) is 2.42. The van der Waals surface area contributed by atoms with Crippen molar-refractivity contribution < 1.29 is 4.39 Å². The fraction of sp³-hybridized carbons (Fsp3) is 0.500. The van der Waals surface area contributed by atoms with Crippen molar-refractivity contribution in [3.05, 3.63) is 29.6 Å². The van der Waals surface area contributed by atoms with E-state index in [4.69, 9.17) is 5.26 Å². The van der Waals surface area contributed by atoms with Crippen LogP contribution in [0.25, 0.3) is 0 Å². The van der Waals surface area contributed by atoms with E-state index in [9.17, 15) is 4.39 Å². The monoisotopic (exact) mass is 247 g/mol. The summed E-state index contributed by atoms with van der Waals surface area (Å²) >= 11 is 0. The molecular formula is C14H18FN3. The summed E-state index contributed by atoms with van der Waals surface area (Å²) in [4.78, 5) is 2.42. The van der Waals surface area contributed by atoms with Crippen LogP contribution in [0, 0.1) is 17.1 Å². The molecule has 1 aromatic carbocycles. The van der Waals surface area contributed by atoms with Crippen LogP contribution in [0.2, 0.25) is 0 Å². The first-order valence-electron chi connectivity index (χ1n) is 6.41. The smallest absolute Gasteiger partial charge is 0.141 e. The first-order chi connectivity index (χ1) is 8.72. The first kappa shape index (κ1) is 12.8. The van der Waals surface area contributed by atoms with Gasteiger partial charge in [0.05, 0.1) is 5.56 Å². The molecule has 96 valence electrons. The molecule has 0 bridgehead atoms. The van der Waals surface area contributed by atoms with Crippen LogP contribution in [0.4, 0.5) is 10.1 Å². The zero-order valence-corrected chi connectivity index (χ0v) is 10.6. The Morgan fingerprint density at radius 2 is 2.17 bits per heavy atom. The molecule has 0 atom stereocenters. The van der Waals surface area contributed by atoms with Gasteiger partial charge < -0.3 is 10.2 Å². The van der Waals surface area contributed by atoms with E-state index in [0.717, 1.165) is 38.2 Å². The topological polar surface area (TPSA) is 39.1 Å². The molecule has 1 saturated heterocycles. The minimum atomic E-state index is -0.455. The highest BCUT2D eigenvalue weighted by atomic mass is 19.1. The predicted octanol–water partition coefficient (Wildman–Crippen LogP) is 2.59. The van der Waals surface area contributed by atoms with Gasteiger partial charge in [-0.25, -0.2) is 4.39 Å². The van der Waals surface area contributed by atoms with Crippen LogP contribution in [-0.2, 0) is 0 Å². The Kier molecular flexibility index (Phi) is 4.16. The predicted molar refractivity (Wildman–Crippen MR) is 69.9 cm³/mol. The van der Waals surface area contributed by atoms with Crippen molar-refractivity contribution in [2.24, 2.45) is 0 Å². The average molecular weight is 247 g/mol. The lowest BCUT2D eigenvalue weighted by molar-refractivity contribution is 0.229. The molecule has 1 N–H and O–H groups in total. The van der Waals surface area contributed by atoms with E-state index in [0.29, 0.717) is 6.04 Å². The molecule has 4 heteroatoms. The fourth-order valence-corrected chi connectivity index (χ4v) is 2.33. The Hall–Kier alpha value is -1.60. The van der Waals surface area contributed by atoms with Gasteiger partial charge in [-0.15, -0.1) is 0 Å². The van der Waals surface area contributed by atoms with Crippen molar-refractivity contribution >= 4 is 5.69 Å². The number of likely N-dealkylation sites (tertiary alicyclic amines) is 1. The minimum Gasteiger partial charge on any atom is -0.382 e. The number of nitrogens with one attached hydrogen (secondary N) is 1. The quantitative estimate of drug-likeness (QED) is 0.892. The third-order valence-corrected chi connectivity index (χ3v) is 3.49. The van der Waals surface area contributed by atoms with Crippen LogP contribution in [0.15, 0.2) is 18.2 Å². The number of nitriles is 1. The summed E-state index contributed by atoms with van der Waals surface area (Å²) in [5, 5.41) is 12.2. The molecule has 1 aliphatic heterocycles. The summed E-state index contributed by atoms with van der Waals surface area (Å²) in [5.41, 5.74) is 0.939. The van der Waals surface area contributed by atoms with Crippen molar-refractivity contribution in [3.8, 4) is 6.07 Å². The van der Waals surface area contributed by atoms with Crippen LogP contribution >= 0.6 is 0 Å². The van der Waals surface area contributed by atoms with Crippen molar-refractivity contribution in [2.75, 3.05) is 25.0 Å². The van der Waals surface area contributed by atoms with E-state index >= 15 is 0 Å². The summed E-state index contributed by atoms with van der Waals surface area (Å²) in [5.74, 6) is -0.455. The number of hydrogen-bond donors (Lipinski definition) is 1. The molecule has 0 radical (unpaired) electrons. The Morgan fingerprint density at radius 1 is 1.44 bits per heavy atom. The lowest BCUT2D eigenvalue weighted by Gasteiger charge is -2.32. The van der Waals surface area contributed by atoms with Crippen LogP contribution < -0.4 is 5.32 Å². The Labute approximate surface area is 107 Å². The van der Waals surface area contributed by atoms with E-state index in [1.807, 2.05) is 6.07 Å². The highest BCUT2D eigenvalue weighted by Gasteiger charge is 2.17. The van der Waals surface area contributed by atoms with E-state index in [2.05, 4.69) is 17.1 Å². The fourth-order valence-electron chi connectivity index (χ4n) is 2.33. The largest absolute Gasteiger partial charge is 0.382 e. The molecule has 1 heterocycles. The van der Waals surface area contributed by atoms with E-state index in [1.165, 1.54) is 6.07 Å². The molecule has 1 fully saturated rings. The second kappa shape index (κ2) is 5.83. The van der Waals surface area contributed by atoms with Gasteiger partial charge >= 0.3 is 0 Å². The maximum Gasteiger partial charge on any atom is 0.141 e. The molecule has 3 nitrogen and oxygen atoms in total. The Morgan fingerprint density at radius 3 is 2.78 bits per heavy atom. The summed E-state index contributed by atoms with van der Waals surface area (Å²) < 4.78 is 13.2. The van der Waals surface area contributed by atoms with Gasteiger partial charge in [0.1, 0.15) is 11.9 Å². The molecule has 0 aromatic heterocycles. The molecule has 0 spiro atoms. The second-order valence-electron chi connectivity index (χ2n) is 4.66. The van der Waals surface area contributed by atoms with E-state index in [-0.39, 0.29) is 5.56 Å². The molecule has 2 rings (SSSR count). The maximum absolute atomic E-state index is 13.2. The van der Waals surface area contributed by atoms with Gasteiger partial charge in [0.25, 0.3) is 0 Å². The van der Waals surface area contributed by atoms with Gasteiger partial charge in [-0.2, -0.15) is 5.26 Å². The summed E-state index contributed by atoms with van der Waals surface area (Å²) in [6.45, 7) is 5.47. The third-order valence-electron chi connectivity index (χ3n) is 3.49. The molecule has 1 aromatic rings. The van der Waals surface area contributed by atoms with Crippen LogP contribution in [0.3, 0.4) is 0 Å². The summed E-state index contributed by atoms with van der Waals surface area (Å²) in [6.07, 6.45) is 2.18. The van der Waals surface area contributed by atoms with E-state index in [1.54, 1.807) is 12.1 Å². The number of halogens is 1. The van der Waals surface area contributed by atoms with Crippen molar-refractivity contribution in [3.63, 3.8) is 0 Å². The summed E-state index contributed by atoms with van der Waals surface area (Å²) in [6, 6.07) is 6.92. The molecule has 0 aliphatic carbocycles. The highest BCUT2D eigenvalue weighted by molar-refractivity contribution is 5.50. The van der Waals surface area contributed by atoms with Crippen molar-refractivity contribution in [2.45, 2.75) is 25.8 Å². The standard InChI is InChI=1S/C14H18FN3/c1-2-18-7-5-12(6-8-18)17-13-3-4-14(15)11(9-13)10-16/h3-4,9,12,17H,2,5-8H2,1H3. The summed E-state index contributed by atoms with van der Waals surface area (Å²) in [7, 11) is 0. The van der Waals surface area contributed by atoms with Crippen LogP contribution in [0.1, 0.15) is 25.3 Å². The van der Waals surface area contributed by atoms with Crippen LogP contribution in [0.5, 0.6) is 0 Å². The molecule has 0 amide bonds. The van der Waals surface area contributed by atoms with Gasteiger partial charge in [0, 0.05) is 24.8 Å². The number of hydrogen-bond acceptors (Lipinski definition) is 3.